The highest BCUT2D eigenvalue weighted by molar-refractivity contribution is 5.88. The van der Waals surface area contributed by atoms with Gasteiger partial charge in [-0.25, -0.2) is 0 Å². The smallest absolute Gasteiger partial charge is 0.311 e. The zero-order chi connectivity index (χ0) is 13.7. The Hall–Kier alpha value is -1.84. The van der Waals surface area contributed by atoms with Gasteiger partial charge < -0.3 is 10.1 Å². The molecule has 0 radical (unpaired) electrons. The fraction of sp³-hybridized carbons (Fsp3) is 0.467. The molecule has 1 N–H and O–H groups in total. The van der Waals surface area contributed by atoms with Crippen LogP contribution >= 0.6 is 0 Å². The lowest BCUT2D eigenvalue weighted by molar-refractivity contribution is -0.135. The van der Waals surface area contributed by atoms with Gasteiger partial charge in [0, 0.05) is 19.0 Å². The summed E-state index contributed by atoms with van der Waals surface area (Å²) in [6.45, 7) is 1.45. The quantitative estimate of drug-likeness (QED) is 0.669. The van der Waals surface area contributed by atoms with Crippen molar-refractivity contribution in [3.63, 3.8) is 0 Å². The number of carbonyl (C=O) groups is 2. The fourth-order valence-electron chi connectivity index (χ4n) is 2.43. The number of ether oxygens (including phenoxy) is 1. The van der Waals surface area contributed by atoms with Crippen molar-refractivity contribution < 1.29 is 14.3 Å². The van der Waals surface area contributed by atoms with E-state index in [-0.39, 0.29) is 11.9 Å². The fourth-order valence-corrected chi connectivity index (χ4v) is 2.43. The second-order valence-corrected chi connectivity index (χ2v) is 5.03. The predicted octanol–water partition coefficient (Wildman–Crippen LogP) is 3.13. The van der Waals surface area contributed by atoms with E-state index in [2.05, 4.69) is 5.32 Å². The van der Waals surface area contributed by atoms with Gasteiger partial charge in [0.05, 0.1) is 0 Å². The van der Waals surface area contributed by atoms with Crippen molar-refractivity contribution in [1.82, 2.24) is 0 Å². The molecule has 19 heavy (non-hydrogen) atoms. The van der Waals surface area contributed by atoms with Crippen molar-refractivity contribution in [3.8, 4) is 5.75 Å². The first-order chi connectivity index (χ1) is 9.13. The Balaban J connectivity index is 1.84. The molecule has 1 aliphatic rings. The SMILES string of the molecule is CC(=O)Nc1ccc(OC(=O)CC2CCCC2)cc1. The highest BCUT2D eigenvalue weighted by atomic mass is 16.5. The number of hydrogen-bond donors (Lipinski definition) is 1. The van der Waals surface area contributed by atoms with E-state index in [9.17, 15) is 9.59 Å². The average Bonchev–Trinajstić information content (AvgIpc) is 2.83. The monoisotopic (exact) mass is 261 g/mol. The Morgan fingerprint density at radius 3 is 2.42 bits per heavy atom. The summed E-state index contributed by atoms with van der Waals surface area (Å²) in [5.74, 6) is 0.730. The molecule has 1 aliphatic carbocycles. The summed E-state index contributed by atoms with van der Waals surface area (Å²) in [5.41, 5.74) is 0.697. The minimum atomic E-state index is -0.167. The third-order valence-corrected chi connectivity index (χ3v) is 3.34. The lowest BCUT2D eigenvalue weighted by Crippen LogP contribution is -2.12. The topological polar surface area (TPSA) is 55.4 Å². The molecule has 0 aliphatic heterocycles. The largest absolute Gasteiger partial charge is 0.427 e. The van der Waals surface area contributed by atoms with Crippen LogP contribution in [0.5, 0.6) is 5.75 Å². The summed E-state index contributed by atoms with van der Waals surface area (Å²) in [5, 5.41) is 2.66. The van der Waals surface area contributed by atoms with Gasteiger partial charge >= 0.3 is 5.97 Å². The van der Waals surface area contributed by atoms with Gasteiger partial charge in [0.2, 0.25) is 5.91 Å². The molecular formula is C15H19NO3. The highest BCUT2D eigenvalue weighted by Crippen LogP contribution is 2.28. The molecule has 0 spiro atoms. The molecule has 4 nitrogen and oxygen atoms in total. The second kappa shape index (κ2) is 6.36. The molecule has 2 rings (SSSR count). The normalized spacial score (nSPS) is 15.2. The molecule has 102 valence electrons. The molecule has 0 aromatic heterocycles. The number of benzene rings is 1. The van der Waals surface area contributed by atoms with Crippen molar-refractivity contribution in [3.05, 3.63) is 24.3 Å². The lowest BCUT2D eigenvalue weighted by Gasteiger charge is -2.09. The van der Waals surface area contributed by atoms with Gasteiger partial charge in [0.15, 0.2) is 0 Å². The zero-order valence-electron chi connectivity index (χ0n) is 11.1. The summed E-state index contributed by atoms with van der Waals surface area (Å²) in [6.07, 6.45) is 5.23. The number of hydrogen-bond acceptors (Lipinski definition) is 3. The van der Waals surface area contributed by atoms with Crippen LogP contribution in [0.15, 0.2) is 24.3 Å². The maximum absolute atomic E-state index is 11.7. The molecule has 0 atom stereocenters. The first-order valence-electron chi connectivity index (χ1n) is 6.72. The van der Waals surface area contributed by atoms with Gasteiger partial charge in [-0.2, -0.15) is 0 Å². The molecule has 0 heterocycles. The zero-order valence-corrected chi connectivity index (χ0v) is 11.1. The van der Waals surface area contributed by atoms with Crippen molar-refractivity contribution >= 4 is 17.6 Å². The lowest BCUT2D eigenvalue weighted by atomic mass is 10.0. The number of anilines is 1. The minimum absolute atomic E-state index is 0.119. The molecule has 1 aromatic carbocycles. The Bertz CT molecular complexity index is 447. The van der Waals surface area contributed by atoms with Crippen molar-refractivity contribution in [1.29, 1.82) is 0 Å². The third kappa shape index (κ3) is 4.39. The Labute approximate surface area is 113 Å². The number of esters is 1. The van der Waals surface area contributed by atoms with Crippen LogP contribution in [-0.2, 0) is 9.59 Å². The highest BCUT2D eigenvalue weighted by Gasteiger charge is 2.19. The molecule has 1 fully saturated rings. The van der Waals surface area contributed by atoms with Gasteiger partial charge in [0.1, 0.15) is 5.75 Å². The van der Waals surface area contributed by atoms with Gasteiger partial charge in [0.25, 0.3) is 0 Å². The predicted molar refractivity (Wildman–Crippen MR) is 73.0 cm³/mol. The summed E-state index contributed by atoms with van der Waals surface area (Å²) in [4.78, 5) is 22.6. The van der Waals surface area contributed by atoms with Crippen molar-refractivity contribution in [2.75, 3.05) is 5.32 Å². The van der Waals surface area contributed by atoms with Crippen molar-refractivity contribution in [2.45, 2.75) is 39.0 Å². The number of nitrogens with one attached hydrogen (secondary N) is 1. The van der Waals surface area contributed by atoms with Crippen LogP contribution in [0.3, 0.4) is 0 Å². The summed E-state index contributed by atoms with van der Waals surface area (Å²) in [6, 6.07) is 6.83. The minimum Gasteiger partial charge on any atom is -0.427 e. The summed E-state index contributed by atoms with van der Waals surface area (Å²) >= 11 is 0. The number of carbonyl (C=O) groups excluding carboxylic acids is 2. The van der Waals surface area contributed by atoms with Crippen LogP contribution in [0.4, 0.5) is 5.69 Å². The van der Waals surface area contributed by atoms with E-state index in [1.165, 1.54) is 19.8 Å². The molecule has 4 heteroatoms. The van der Waals surface area contributed by atoms with E-state index >= 15 is 0 Å². The number of rotatable bonds is 4. The van der Waals surface area contributed by atoms with Crippen molar-refractivity contribution in [2.24, 2.45) is 5.92 Å². The maximum atomic E-state index is 11.7. The summed E-state index contributed by atoms with van der Waals surface area (Å²) < 4.78 is 5.28. The average molecular weight is 261 g/mol. The molecule has 0 unspecified atom stereocenters. The van der Waals surface area contributed by atoms with Crippen LogP contribution in [0.2, 0.25) is 0 Å². The van der Waals surface area contributed by atoms with Gasteiger partial charge in [-0.1, -0.05) is 12.8 Å². The van der Waals surface area contributed by atoms with E-state index in [0.29, 0.717) is 23.8 Å². The Morgan fingerprint density at radius 2 is 1.84 bits per heavy atom. The molecule has 1 amide bonds. The van der Waals surface area contributed by atoms with Crippen LogP contribution in [-0.4, -0.2) is 11.9 Å². The van der Waals surface area contributed by atoms with Crippen LogP contribution in [0, 0.1) is 5.92 Å². The van der Waals surface area contributed by atoms with E-state index in [0.717, 1.165) is 12.8 Å². The van der Waals surface area contributed by atoms with E-state index in [1.54, 1.807) is 24.3 Å². The number of amides is 1. The van der Waals surface area contributed by atoms with E-state index < -0.39 is 0 Å². The second-order valence-electron chi connectivity index (χ2n) is 5.03. The molecule has 0 bridgehead atoms. The molecule has 1 aromatic rings. The van der Waals surface area contributed by atoms with E-state index in [1.807, 2.05) is 0 Å². The van der Waals surface area contributed by atoms with Crippen LogP contribution in [0.1, 0.15) is 39.0 Å². The third-order valence-electron chi connectivity index (χ3n) is 3.34. The molecule has 0 saturated heterocycles. The Morgan fingerprint density at radius 1 is 1.21 bits per heavy atom. The Kier molecular flexibility index (Phi) is 4.55. The van der Waals surface area contributed by atoms with Gasteiger partial charge in [-0.05, 0) is 43.0 Å². The standard InChI is InChI=1S/C15H19NO3/c1-11(17)16-13-6-8-14(9-7-13)19-15(18)10-12-4-2-3-5-12/h6-9,12H,2-5,10H2,1H3,(H,16,17). The molecular weight excluding hydrogens is 242 g/mol. The maximum Gasteiger partial charge on any atom is 0.311 e. The van der Waals surface area contributed by atoms with Crippen LogP contribution in [0.25, 0.3) is 0 Å². The van der Waals surface area contributed by atoms with Gasteiger partial charge in [-0.3, -0.25) is 9.59 Å². The molecule has 1 saturated carbocycles. The van der Waals surface area contributed by atoms with Gasteiger partial charge in [-0.15, -0.1) is 0 Å². The van der Waals surface area contributed by atoms with E-state index in [4.69, 9.17) is 4.74 Å². The first-order valence-corrected chi connectivity index (χ1v) is 6.72. The summed E-state index contributed by atoms with van der Waals surface area (Å²) in [7, 11) is 0. The van der Waals surface area contributed by atoms with Crippen LogP contribution < -0.4 is 10.1 Å². The first kappa shape index (κ1) is 13.6.